The predicted molar refractivity (Wildman–Crippen MR) is 166 cm³/mol. The van der Waals surface area contributed by atoms with Crippen LogP contribution in [0.2, 0.25) is 0 Å². The number of aromatic hydroxyl groups is 2. The van der Waals surface area contributed by atoms with E-state index >= 15 is 0 Å². The molecule has 0 spiro atoms. The van der Waals surface area contributed by atoms with E-state index in [1.165, 1.54) is 0 Å². The van der Waals surface area contributed by atoms with Crippen molar-refractivity contribution in [2.24, 2.45) is 0 Å². The summed E-state index contributed by atoms with van der Waals surface area (Å²) >= 11 is 0. The zero-order valence-corrected chi connectivity index (χ0v) is 26.9. The molecule has 3 aromatic rings. The number of ketones is 2. The Morgan fingerprint density at radius 1 is 0.711 bits per heavy atom. The summed E-state index contributed by atoms with van der Waals surface area (Å²) in [5, 5.41) is 18.5. The minimum atomic E-state index is -0.598. The summed E-state index contributed by atoms with van der Waals surface area (Å²) in [5.41, 5.74) is 0.819. The number of hydrogen-bond donors (Lipinski definition) is 2. The molecule has 0 aliphatic rings. The van der Waals surface area contributed by atoms with Crippen molar-refractivity contribution in [3.63, 3.8) is 0 Å². The van der Waals surface area contributed by atoms with Gasteiger partial charge in [-0.25, -0.2) is 9.97 Å². The molecule has 3 rings (SSSR count). The molecular formula is C34H42N2O9. The second-order valence-electron chi connectivity index (χ2n) is 12.2. The second-order valence-corrected chi connectivity index (χ2v) is 12.2. The van der Waals surface area contributed by atoms with E-state index in [9.17, 15) is 24.3 Å². The van der Waals surface area contributed by atoms with Crippen LogP contribution in [0.3, 0.4) is 0 Å². The van der Waals surface area contributed by atoms with Crippen LogP contribution in [0.4, 0.5) is 0 Å². The number of esters is 2. The smallest absolute Gasteiger partial charge is 0.306 e. The zero-order valence-electron chi connectivity index (χ0n) is 26.9. The Morgan fingerprint density at radius 2 is 1.22 bits per heavy atom. The Bertz CT molecular complexity index is 1470. The molecule has 0 bridgehead atoms. The average Bonchev–Trinajstić information content (AvgIpc) is 2.93. The number of rotatable bonds is 11. The SMILES string of the molecule is CC(C)(C)OC(=O)CCC(=O)c1ncc(O)cc1O.Cc1cnc(C(=O)CCC(=O)OC(C)(C)C)c(OCc2ccccc2)c1. The van der Waals surface area contributed by atoms with Gasteiger partial charge in [-0.2, -0.15) is 0 Å². The molecule has 0 atom stereocenters. The fourth-order valence-corrected chi connectivity index (χ4v) is 3.71. The lowest BCUT2D eigenvalue weighted by atomic mass is 10.1. The summed E-state index contributed by atoms with van der Waals surface area (Å²) in [5.74, 6) is -1.82. The molecule has 2 N–H and O–H groups in total. The lowest BCUT2D eigenvalue weighted by Gasteiger charge is -2.19. The highest BCUT2D eigenvalue weighted by atomic mass is 16.6. The van der Waals surface area contributed by atoms with Gasteiger partial charge >= 0.3 is 11.9 Å². The quantitative estimate of drug-likeness (QED) is 0.188. The second kappa shape index (κ2) is 16.3. The Labute approximate surface area is 263 Å². The number of pyridine rings is 2. The molecule has 0 fully saturated rings. The highest BCUT2D eigenvalue weighted by molar-refractivity contribution is 5.98. The van der Waals surface area contributed by atoms with E-state index in [1.54, 1.807) is 53.8 Å². The average molecular weight is 623 g/mol. The monoisotopic (exact) mass is 622 g/mol. The van der Waals surface area contributed by atoms with E-state index in [0.29, 0.717) is 12.4 Å². The number of Topliss-reactive ketones (excluding diaryl/α,β-unsaturated/α-hetero) is 2. The Hall–Kier alpha value is -4.80. The fraction of sp³-hybridized carbons (Fsp3) is 0.412. The number of benzene rings is 1. The highest BCUT2D eigenvalue weighted by Crippen LogP contribution is 2.23. The van der Waals surface area contributed by atoms with Crippen molar-refractivity contribution in [1.82, 2.24) is 9.97 Å². The first kappa shape index (κ1) is 36.4. The maximum Gasteiger partial charge on any atom is 0.306 e. The van der Waals surface area contributed by atoms with Gasteiger partial charge in [-0.1, -0.05) is 30.3 Å². The van der Waals surface area contributed by atoms with Crippen molar-refractivity contribution >= 4 is 23.5 Å². The van der Waals surface area contributed by atoms with Crippen LogP contribution in [0, 0.1) is 6.92 Å². The van der Waals surface area contributed by atoms with Gasteiger partial charge in [0.05, 0.1) is 19.0 Å². The molecule has 242 valence electrons. The summed E-state index contributed by atoms with van der Waals surface area (Å²) in [6, 6.07) is 12.5. The minimum absolute atomic E-state index is 0.0176. The molecule has 0 aliphatic heterocycles. The van der Waals surface area contributed by atoms with E-state index < -0.39 is 34.7 Å². The van der Waals surface area contributed by atoms with Gasteiger partial charge in [0.15, 0.2) is 11.6 Å². The Balaban J connectivity index is 0.000000330. The molecule has 2 heterocycles. The van der Waals surface area contributed by atoms with Gasteiger partial charge in [-0.3, -0.25) is 19.2 Å². The normalized spacial score (nSPS) is 11.1. The summed E-state index contributed by atoms with van der Waals surface area (Å²) in [7, 11) is 0. The first-order valence-electron chi connectivity index (χ1n) is 14.4. The number of carbonyl (C=O) groups is 4. The molecule has 0 unspecified atom stereocenters. The van der Waals surface area contributed by atoms with Crippen LogP contribution in [0.1, 0.15) is 99.3 Å². The van der Waals surface area contributed by atoms with Gasteiger partial charge in [-0.05, 0) is 65.7 Å². The lowest BCUT2D eigenvalue weighted by Crippen LogP contribution is -2.24. The first-order valence-corrected chi connectivity index (χ1v) is 14.4. The van der Waals surface area contributed by atoms with E-state index in [4.69, 9.17) is 19.3 Å². The zero-order chi connectivity index (χ0) is 33.8. The molecule has 0 saturated heterocycles. The standard InChI is InChI=1S/C21H25NO4.C13H17NO5/c1-15-12-18(25-14-16-8-6-5-7-9-16)20(22-13-15)17(23)10-11-19(24)26-21(2,3)4;1-13(2,3)19-11(18)5-4-9(16)12-10(17)6-8(15)7-14-12/h5-9,12-13H,10-11,14H2,1-4H3;6-7,15,17H,4-5H2,1-3H3. The summed E-state index contributed by atoms with van der Waals surface area (Å²) in [6.07, 6.45) is 2.53. The topological polar surface area (TPSA) is 162 Å². The van der Waals surface area contributed by atoms with Gasteiger partial charge in [-0.15, -0.1) is 0 Å². The van der Waals surface area contributed by atoms with Crippen LogP contribution in [0.5, 0.6) is 17.2 Å². The van der Waals surface area contributed by atoms with Crippen molar-refractivity contribution < 1.29 is 43.6 Å². The lowest BCUT2D eigenvalue weighted by molar-refractivity contribution is -0.155. The van der Waals surface area contributed by atoms with Crippen LogP contribution < -0.4 is 4.74 Å². The molecule has 0 saturated carbocycles. The van der Waals surface area contributed by atoms with Crippen molar-refractivity contribution in [2.45, 2.75) is 92.0 Å². The minimum Gasteiger partial charge on any atom is -0.506 e. The van der Waals surface area contributed by atoms with Gasteiger partial charge in [0, 0.05) is 25.1 Å². The maximum atomic E-state index is 12.5. The third-order valence-corrected chi connectivity index (χ3v) is 5.56. The molecule has 0 aliphatic carbocycles. The third-order valence-electron chi connectivity index (χ3n) is 5.56. The largest absolute Gasteiger partial charge is 0.506 e. The van der Waals surface area contributed by atoms with Gasteiger partial charge < -0.3 is 24.4 Å². The van der Waals surface area contributed by atoms with E-state index in [0.717, 1.165) is 23.4 Å². The van der Waals surface area contributed by atoms with Gasteiger partial charge in [0.25, 0.3) is 0 Å². The maximum absolute atomic E-state index is 12.5. The molecule has 0 amide bonds. The van der Waals surface area contributed by atoms with Crippen molar-refractivity contribution in [3.8, 4) is 17.2 Å². The number of nitrogens with zero attached hydrogens (tertiary/aromatic N) is 2. The number of aryl methyl sites for hydroxylation is 1. The van der Waals surface area contributed by atoms with Gasteiger partial charge in [0.2, 0.25) is 0 Å². The van der Waals surface area contributed by atoms with E-state index in [1.807, 2.05) is 37.3 Å². The van der Waals surface area contributed by atoms with Crippen LogP contribution in [0.15, 0.2) is 54.9 Å². The molecule has 2 aromatic heterocycles. The third kappa shape index (κ3) is 14.0. The number of hydrogen-bond acceptors (Lipinski definition) is 11. The Morgan fingerprint density at radius 3 is 1.73 bits per heavy atom. The first-order chi connectivity index (χ1) is 20.9. The molecule has 11 nitrogen and oxygen atoms in total. The number of aromatic nitrogens is 2. The number of ether oxygens (including phenoxy) is 3. The van der Waals surface area contributed by atoms with Crippen LogP contribution >= 0.6 is 0 Å². The molecule has 1 aromatic carbocycles. The van der Waals surface area contributed by atoms with E-state index in [2.05, 4.69) is 9.97 Å². The molecule has 45 heavy (non-hydrogen) atoms. The van der Waals surface area contributed by atoms with Crippen molar-refractivity contribution in [2.75, 3.05) is 0 Å². The highest BCUT2D eigenvalue weighted by Gasteiger charge is 2.21. The van der Waals surface area contributed by atoms with Crippen molar-refractivity contribution in [1.29, 1.82) is 0 Å². The van der Waals surface area contributed by atoms with E-state index in [-0.39, 0.29) is 48.6 Å². The summed E-state index contributed by atoms with van der Waals surface area (Å²) in [4.78, 5) is 55.3. The number of carbonyl (C=O) groups excluding carboxylic acids is 4. The van der Waals surface area contributed by atoms with Crippen LogP contribution in [-0.2, 0) is 25.7 Å². The molecular weight excluding hydrogens is 580 g/mol. The van der Waals surface area contributed by atoms with Crippen molar-refractivity contribution in [3.05, 3.63) is 77.4 Å². The Kier molecular flexibility index (Phi) is 13.2. The van der Waals surface area contributed by atoms with Crippen LogP contribution in [-0.4, -0.2) is 54.9 Å². The summed E-state index contributed by atoms with van der Waals surface area (Å²) < 4.78 is 16.1. The molecule has 0 radical (unpaired) electrons. The predicted octanol–water partition coefficient (Wildman–Crippen LogP) is 6.07. The van der Waals surface area contributed by atoms with Crippen LogP contribution in [0.25, 0.3) is 0 Å². The van der Waals surface area contributed by atoms with Gasteiger partial charge in [0.1, 0.15) is 46.4 Å². The summed E-state index contributed by atoms with van der Waals surface area (Å²) in [6.45, 7) is 12.8. The molecule has 11 heteroatoms. The fourth-order valence-electron chi connectivity index (χ4n) is 3.71.